The van der Waals surface area contributed by atoms with E-state index in [0.29, 0.717) is 13.2 Å². The molecule has 4 heteroatoms. The van der Waals surface area contributed by atoms with E-state index in [-0.39, 0.29) is 6.61 Å². The number of hydrogen-bond donors (Lipinski definition) is 2. The molecule has 0 saturated carbocycles. The molecule has 0 spiro atoms. The first-order chi connectivity index (χ1) is 5.22. The quantitative estimate of drug-likeness (QED) is 0.388. The van der Waals surface area contributed by atoms with Crippen LogP contribution in [0.15, 0.2) is 12.7 Å². The normalized spacial score (nSPS) is 12.5. The molecule has 4 nitrogen and oxygen atoms in total. The van der Waals surface area contributed by atoms with Gasteiger partial charge in [0.25, 0.3) is 0 Å². The molecule has 0 radical (unpaired) electrons. The summed E-state index contributed by atoms with van der Waals surface area (Å²) in [5.74, 6) is -0.429. The lowest BCUT2D eigenvalue weighted by Gasteiger charge is -2.06. The van der Waals surface area contributed by atoms with E-state index in [1.165, 1.54) is 0 Å². The number of ether oxygens (including phenoxy) is 1. The topological polar surface area (TPSA) is 72.5 Å². The Kier molecular flexibility index (Phi) is 5.64. The number of aliphatic hydroxyl groups excluding tert-OH is 1. The minimum atomic E-state index is -1.10. The Morgan fingerprint density at radius 3 is 2.91 bits per heavy atom. The van der Waals surface area contributed by atoms with Crippen molar-refractivity contribution in [2.45, 2.75) is 6.10 Å². The van der Waals surface area contributed by atoms with E-state index < -0.39 is 11.9 Å². The highest BCUT2D eigenvalue weighted by Crippen LogP contribution is 1.88. The Bertz CT molecular complexity index is 136. The van der Waals surface area contributed by atoms with E-state index in [0.717, 1.165) is 6.08 Å². The molecule has 0 saturated heterocycles. The van der Waals surface area contributed by atoms with Gasteiger partial charge in [-0.1, -0.05) is 6.58 Å². The maximum atomic E-state index is 10.6. The molecule has 0 bridgehead atoms. The van der Waals surface area contributed by atoms with Crippen LogP contribution in [0.25, 0.3) is 0 Å². The average Bonchev–Trinajstić information content (AvgIpc) is 2.03. The van der Waals surface area contributed by atoms with Gasteiger partial charge in [-0.05, 0) is 6.08 Å². The van der Waals surface area contributed by atoms with Gasteiger partial charge < -0.3 is 15.6 Å². The Balaban J connectivity index is 3.43. The highest BCUT2D eigenvalue weighted by Gasteiger charge is 2.10. The van der Waals surface area contributed by atoms with Gasteiger partial charge in [-0.2, -0.15) is 0 Å². The van der Waals surface area contributed by atoms with Crippen molar-refractivity contribution in [3.63, 3.8) is 0 Å². The zero-order valence-electron chi connectivity index (χ0n) is 6.32. The number of rotatable bonds is 6. The lowest BCUT2D eigenvalue weighted by atomic mass is 10.2. The molecule has 0 aromatic carbocycles. The van der Waals surface area contributed by atoms with Crippen LogP contribution >= 0.6 is 0 Å². The van der Waals surface area contributed by atoms with Gasteiger partial charge in [0.15, 0.2) is 5.78 Å². The Morgan fingerprint density at radius 2 is 2.45 bits per heavy atom. The predicted molar refractivity (Wildman–Crippen MR) is 41.1 cm³/mol. The molecule has 0 aromatic heterocycles. The molecule has 0 heterocycles. The summed E-state index contributed by atoms with van der Waals surface area (Å²) < 4.78 is 4.82. The van der Waals surface area contributed by atoms with Crippen molar-refractivity contribution in [3.8, 4) is 0 Å². The number of nitrogens with two attached hydrogens (primary N) is 1. The van der Waals surface area contributed by atoms with Gasteiger partial charge in [0, 0.05) is 6.54 Å². The van der Waals surface area contributed by atoms with Crippen LogP contribution in [0.2, 0.25) is 0 Å². The Morgan fingerprint density at radius 1 is 1.82 bits per heavy atom. The fourth-order valence-electron chi connectivity index (χ4n) is 0.496. The molecule has 0 aromatic rings. The number of carbonyl (C=O) groups excluding carboxylic acids is 1. The van der Waals surface area contributed by atoms with Gasteiger partial charge in [-0.3, -0.25) is 4.79 Å². The second-order valence-electron chi connectivity index (χ2n) is 1.99. The first kappa shape index (κ1) is 10.3. The molecule has 0 rings (SSSR count). The van der Waals surface area contributed by atoms with Gasteiger partial charge in [0.05, 0.1) is 13.2 Å². The van der Waals surface area contributed by atoms with Crippen molar-refractivity contribution in [3.05, 3.63) is 12.7 Å². The summed E-state index contributed by atoms with van der Waals surface area (Å²) in [5, 5.41) is 8.96. The molecule has 1 unspecified atom stereocenters. The SMILES string of the molecule is C=CC(=O)C(O)COCCN. The van der Waals surface area contributed by atoms with Crippen molar-refractivity contribution < 1.29 is 14.6 Å². The molecule has 0 aliphatic carbocycles. The van der Waals surface area contributed by atoms with Crippen LogP contribution in [-0.4, -0.2) is 36.8 Å². The summed E-state index contributed by atoms with van der Waals surface area (Å²) in [5.41, 5.74) is 5.11. The maximum absolute atomic E-state index is 10.6. The Hall–Kier alpha value is -0.710. The van der Waals surface area contributed by atoms with Crippen LogP contribution in [0.4, 0.5) is 0 Å². The number of carbonyl (C=O) groups is 1. The first-order valence-corrected chi connectivity index (χ1v) is 3.34. The van der Waals surface area contributed by atoms with Gasteiger partial charge >= 0.3 is 0 Å². The smallest absolute Gasteiger partial charge is 0.185 e. The molecular formula is C7H13NO3. The molecule has 11 heavy (non-hydrogen) atoms. The number of aliphatic hydroxyl groups is 1. The van der Waals surface area contributed by atoms with Gasteiger partial charge in [-0.25, -0.2) is 0 Å². The largest absolute Gasteiger partial charge is 0.383 e. The van der Waals surface area contributed by atoms with Crippen molar-refractivity contribution in [2.75, 3.05) is 19.8 Å². The zero-order valence-corrected chi connectivity index (χ0v) is 6.32. The van der Waals surface area contributed by atoms with E-state index in [1.807, 2.05) is 0 Å². The first-order valence-electron chi connectivity index (χ1n) is 3.34. The summed E-state index contributed by atoms with van der Waals surface area (Å²) in [7, 11) is 0. The van der Waals surface area contributed by atoms with E-state index in [4.69, 9.17) is 15.6 Å². The van der Waals surface area contributed by atoms with Crippen molar-refractivity contribution in [1.29, 1.82) is 0 Å². The molecule has 0 aliphatic rings. The molecule has 0 aliphatic heterocycles. The highest BCUT2D eigenvalue weighted by molar-refractivity contribution is 5.92. The molecule has 3 N–H and O–H groups in total. The fraction of sp³-hybridized carbons (Fsp3) is 0.571. The second-order valence-corrected chi connectivity index (χ2v) is 1.99. The van der Waals surface area contributed by atoms with Crippen molar-refractivity contribution in [2.24, 2.45) is 5.73 Å². The monoisotopic (exact) mass is 159 g/mol. The third-order valence-electron chi connectivity index (χ3n) is 1.07. The average molecular weight is 159 g/mol. The van der Waals surface area contributed by atoms with E-state index in [2.05, 4.69) is 6.58 Å². The lowest BCUT2D eigenvalue weighted by molar-refractivity contribution is -0.125. The number of hydrogen-bond acceptors (Lipinski definition) is 4. The van der Waals surface area contributed by atoms with Crippen LogP contribution < -0.4 is 5.73 Å². The molecular weight excluding hydrogens is 146 g/mol. The van der Waals surface area contributed by atoms with E-state index in [1.54, 1.807) is 0 Å². The molecule has 0 amide bonds. The van der Waals surface area contributed by atoms with Crippen LogP contribution in [0.5, 0.6) is 0 Å². The van der Waals surface area contributed by atoms with Gasteiger partial charge in [-0.15, -0.1) is 0 Å². The van der Waals surface area contributed by atoms with E-state index >= 15 is 0 Å². The summed E-state index contributed by atoms with van der Waals surface area (Å²) >= 11 is 0. The summed E-state index contributed by atoms with van der Waals surface area (Å²) in [4.78, 5) is 10.6. The molecule has 0 fully saturated rings. The van der Waals surface area contributed by atoms with Crippen LogP contribution in [-0.2, 0) is 9.53 Å². The lowest BCUT2D eigenvalue weighted by Crippen LogP contribution is -2.25. The minimum absolute atomic E-state index is 0.0119. The fourth-order valence-corrected chi connectivity index (χ4v) is 0.496. The summed E-state index contributed by atoms with van der Waals surface area (Å²) in [6.45, 7) is 3.94. The van der Waals surface area contributed by atoms with Gasteiger partial charge in [0.1, 0.15) is 6.10 Å². The minimum Gasteiger partial charge on any atom is -0.383 e. The van der Waals surface area contributed by atoms with Crippen LogP contribution in [0, 0.1) is 0 Å². The predicted octanol–water partition coefficient (Wildman–Crippen LogP) is -0.922. The number of ketones is 1. The molecule has 64 valence electrons. The van der Waals surface area contributed by atoms with Crippen molar-refractivity contribution >= 4 is 5.78 Å². The Labute approximate surface area is 65.6 Å². The van der Waals surface area contributed by atoms with E-state index in [9.17, 15) is 4.79 Å². The van der Waals surface area contributed by atoms with Crippen LogP contribution in [0.3, 0.4) is 0 Å². The standard InChI is InChI=1S/C7H13NO3/c1-2-6(9)7(10)5-11-4-3-8/h2,7,10H,1,3-5,8H2. The van der Waals surface area contributed by atoms with Gasteiger partial charge in [0.2, 0.25) is 0 Å². The second kappa shape index (κ2) is 6.03. The maximum Gasteiger partial charge on any atom is 0.185 e. The van der Waals surface area contributed by atoms with Crippen molar-refractivity contribution in [1.82, 2.24) is 0 Å². The summed E-state index contributed by atoms with van der Waals surface area (Å²) in [6, 6.07) is 0. The molecule has 1 atom stereocenters. The summed E-state index contributed by atoms with van der Waals surface area (Å²) in [6.07, 6.45) is -0.0322. The zero-order chi connectivity index (χ0) is 8.69. The highest BCUT2D eigenvalue weighted by atomic mass is 16.5. The van der Waals surface area contributed by atoms with Crippen LogP contribution in [0.1, 0.15) is 0 Å². The third kappa shape index (κ3) is 4.66. The third-order valence-corrected chi connectivity index (χ3v) is 1.07.